The van der Waals surface area contributed by atoms with Gasteiger partial charge in [-0.25, -0.2) is 0 Å². The molecule has 0 atom stereocenters. The summed E-state index contributed by atoms with van der Waals surface area (Å²) in [6, 6.07) is 4.16. The summed E-state index contributed by atoms with van der Waals surface area (Å²) in [5.74, 6) is 1.59. The lowest BCUT2D eigenvalue weighted by Crippen LogP contribution is -2.42. The van der Waals surface area contributed by atoms with Gasteiger partial charge in [0.1, 0.15) is 0 Å². The second kappa shape index (κ2) is 7.23. The van der Waals surface area contributed by atoms with E-state index in [-0.39, 0.29) is 17.9 Å². The molecule has 0 unspecified atom stereocenters. The molecule has 0 saturated carbocycles. The van der Waals surface area contributed by atoms with Crippen molar-refractivity contribution >= 4 is 17.2 Å². The Hall–Kier alpha value is -1.73. The van der Waals surface area contributed by atoms with Gasteiger partial charge in [0.2, 0.25) is 17.6 Å². The first-order valence-electron chi connectivity index (χ1n) is 8.01. The Morgan fingerprint density at radius 2 is 2.26 bits per heavy atom. The Labute approximate surface area is 139 Å². The number of rotatable bonds is 5. The lowest BCUT2D eigenvalue weighted by Gasteiger charge is -2.30. The molecule has 0 aromatic carbocycles. The van der Waals surface area contributed by atoms with Crippen LogP contribution >= 0.6 is 11.3 Å². The molecule has 6 nitrogen and oxygen atoms in total. The van der Waals surface area contributed by atoms with Gasteiger partial charge >= 0.3 is 0 Å². The number of carbonyl (C=O) groups is 1. The molecule has 3 heterocycles. The van der Waals surface area contributed by atoms with Gasteiger partial charge in [0, 0.05) is 12.0 Å². The standard InChI is InChI=1S/C16H22N4O2S/c1-11(2)17-16(21)12-5-7-20(8-6-12)10-14-18-15(19-22-14)13-4-3-9-23-13/h3-4,9,11-12H,5-8,10H2,1-2H3,(H,17,21). The number of likely N-dealkylation sites (tertiary alicyclic amines) is 1. The number of carbonyl (C=O) groups excluding carboxylic acids is 1. The Morgan fingerprint density at radius 1 is 1.48 bits per heavy atom. The van der Waals surface area contributed by atoms with E-state index in [0.717, 1.165) is 30.8 Å². The molecule has 23 heavy (non-hydrogen) atoms. The van der Waals surface area contributed by atoms with Gasteiger partial charge in [0.25, 0.3) is 0 Å². The highest BCUT2D eigenvalue weighted by molar-refractivity contribution is 7.13. The molecular weight excluding hydrogens is 312 g/mol. The SMILES string of the molecule is CC(C)NC(=O)C1CCN(Cc2nc(-c3cccs3)no2)CC1. The van der Waals surface area contributed by atoms with Crippen LogP contribution in [0.5, 0.6) is 0 Å². The molecule has 0 radical (unpaired) electrons. The minimum atomic E-state index is 0.123. The highest BCUT2D eigenvalue weighted by atomic mass is 32.1. The minimum absolute atomic E-state index is 0.123. The first-order valence-corrected chi connectivity index (χ1v) is 8.89. The normalized spacial score (nSPS) is 16.8. The third kappa shape index (κ3) is 4.17. The fraction of sp³-hybridized carbons (Fsp3) is 0.562. The summed E-state index contributed by atoms with van der Waals surface area (Å²) in [6.45, 7) is 6.40. The smallest absolute Gasteiger partial charge is 0.241 e. The predicted molar refractivity (Wildman–Crippen MR) is 88.9 cm³/mol. The molecule has 2 aromatic rings. The monoisotopic (exact) mass is 334 g/mol. The summed E-state index contributed by atoms with van der Waals surface area (Å²) in [5, 5.41) is 9.03. The van der Waals surface area contributed by atoms with E-state index >= 15 is 0 Å². The first kappa shape index (κ1) is 16.1. The third-order valence-electron chi connectivity index (χ3n) is 3.96. The van der Waals surface area contributed by atoms with Gasteiger partial charge in [-0.1, -0.05) is 11.2 Å². The van der Waals surface area contributed by atoms with Crippen LogP contribution < -0.4 is 5.32 Å². The molecule has 1 aliphatic heterocycles. The third-order valence-corrected chi connectivity index (χ3v) is 4.82. The van der Waals surface area contributed by atoms with Crippen LogP contribution in [-0.2, 0) is 11.3 Å². The van der Waals surface area contributed by atoms with E-state index < -0.39 is 0 Å². The number of hydrogen-bond acceptors (Lipinski definition) is 6. The molecule has 1 amide bonds. The second-order valence-corrected chi connectivity index (χ2v) is 7.15. The Bertz CT molecular complexity index is 630. The molecule has 3 rings (SSSR count). The van der Waals surface area contributed by atoms with Crippen molar-refractivity contribution in [3.63, 3.8) is 0 Å². The molecule has 7 heteroatoms. The van der Waals surface area contributed by atoms with Gasteiger partial charge in [-0.05, 0) is 51.2 Å². The van der Waals surface area contributed by atoms with Gasteiger partial charge in [-0.15, -0.1) is 11.3 Å². The van der Waals surface area contributed by atoms with E-state index in [9.17, 15) is 4.79 Å². The maximum absolute atomic E-state index is 12.0. The number of nitrogens with zero attached hydrogens (tertiary/aromatic N) is 3. The molecule has 1 N–H and O–H groups in total. The van der Waals surface area contributed by atoms with E-state index in [2.05, 4.69) is 20.4 Å². The number of aromatic nitrogens is 2. The molecular formula is C16H22N4O2S. The van der Waals surface area contributed by atoms with Crippen molar-refractivity contribution in [3.05, 3.63) is 23.4 Å². The van der Waals surface area contributed by atoms with Gasteiger partial charge in [0.05, 0.1) is 11.4 Å². The number of hydrogen-bond donors (Lipinski definition) is 1. The summed E-state index contributed by atoms with van der Waals surface area (Å²) in [5.41, 5.74) is 0. The molecule has 0 bridgehead atoms. The van der Waals surface area contributed by atoms with Gasteiger partial charge in [-0.2, -0.15) is 4.98 Å². The van der Waals surface area contributed by atoms with Crippen LogP contribution in [-0.4, -0.2) is 40.1 Å². The molecule has 0 spiro atoms. The van der Waals surface area contributed by atoms with Crippen molar-refractivity contribution in [2.75, 3.05) is 13.1 Å². The zero-order valence-corrected chi connectivity index (χ0v) is 14.3. The largest absolute Gasteiger partial charge is 0.354 e. The maximum Gasteiger partial charge on any atom is 0.241 e. The molecule has 1 saturated heterocycles. The van der Waals surface area contributed by atoms with Crippen molar-refractivity contribution in [1.29, 1.82) is 0 Å². The van der Waals surface area contributed by atoms with E-state index in [0.29, 0.717) is 18.3 Å². The Kier molecular flexibility index (Phi) is 5.07. The van der Waals surface area contributed by atoms with E-state index in [1.54, 1.807) is 11.3 Å². The minimum Gasteiger partial charge on any atom is -0.354 e. The average molecular weight is 334 g/mol. The predicted octanol–water partition coefficient (Wildman–Crippen LogP) is 2.53. The van der Waals surface area contributed by atoms with Crippen molar-refractivity contribution in [1.82, 2.24) is 20.4 Å². The quantitative estimate of drug-likeness (QED) is 0.910. The van der Waals surface area contributed by atoms with Crippen molar-refractivity contribution in [2.24, 2.45) is 5.92 Å². The summed E-state index contributed by atoms with van der Waals surface area (Å²) in [6.07, 6.45) is 1.76. The molecule has 0 aliphatic carbocycles. The lowest BCUT2D eigenvalue weighted by molar-refractivity contribution is -0.127. The Morgan fingerprint density at radius 3 is 2.91 bits per heavy atom. The molecule has 2 aromatic heterocycles. The summed E-state index contributed by atoms with van der Waals surface area (Å²) >= 11 is 1.60. The topological polar surface area (TPSA) is 71.3 Å². The highest BCUT2D eigenvalue weighted by Gasteiger charge is 2.26. The zero-order chi connectivity index (χ0) is 16.2. The maximum atomic E-state index is 12.0. The van der Waals surface area contributed by atoms with Crippen LogP contribution in [0.25, 0.3) is 10.7 Å². The summed E-state index contributed by atoms with van der Waals surface area (Å²) in [4.78, 5) is 19.8. The van der Waals surface area contributed by atoms with E-state index in [1.165, 1.54) is 0 Å². The average Bonchev–Trinajstić information content (AvgIpc) is 3.18. The first-order chi connectivity index (χ1) is 11.1. The van der Waals surface area contributed by atoms with Crippen LogP contribution in [0.2, 0.25) is 0 Å². The number of thiophene rings is 1. The van der Waals surface area contributed by atoms with Crippen LogP contribution in [0.1, 0.15) is 32.6 Å². The van der Waals surface area contributed by atoms with Crippen LogP contribution in [0.3, 0.4) is 0 Å². The Balaban J connectivity index is 1.50. The highest BCUT2D eigenvalue weighted by Crippen LogP contribution is 2.23. The summed E-state index contributed by atoms with van der Waals surface area (Å²) in [7, 11) is 0. The van der Waals surface area contributed by atoms with E-state index in [1.807, 2.05) is 31.4 Å². The van der Waals surface area contributed by atoms with Gasteiger partial charge in [-0.3, -0.25) is 9.69 Å². The van der Waals surface area contributed by atoms with Crippen LogP contribution in [0.4, 0.5) is 0 Å². The fourth-order valence-electron chi connectivity index (χ4n) is 2.77. The number of amides is 1. The van der Waals surface area contributed by atoms with Crippen molar-refractivity contribution in [2.45, 2.75) is 39.3 Å². The van der Waals surface area contributed by atoms with Gasteiger partial charge < -0.3 is 9.84 Å². The van der Waals surface area contributed by atoms with Crippen LogP contribution in [0.15, 0.2) is 22.0 Å². The second-order valence-electron chi connectivity index (χ2n) is 6.20. The van der Waals surface area contributed by atoms with Crippen molar-refractivity contribution in [3.8, 4) is 10.7 Å². The van der Waals surface area contributed by atoms with Crippen molar-refractivity contribution < 1.29 is 9.32 Å². The number of nitrogens with one attached hydrogen (secondary N) is 1. The van der Waals surface area contributed by atoms with E-state index in [4.69, 9.17) is 4.52 Å². The van der Waals surface area contributed by atoms with Crippen LogP contribution in [0, 0.1) is 5.92 Å². The molecule has 1 fully saturated rings. The molecule has 1 aliphatic rings. The lowest BCUT2D eigenvalue weighted by atomic mass is 9.95. The van der Waals surface area contributed by atoms with Gasteiger partial charge in [0.15, 0.2) is 0 Å². The fourth-order valence-corrected chi connectivity index (χ4v) is 3.42. The summed E-state index contributed by atoms with van der Waals surface area (Å²) < 4.78 is 5.34. The zero-order valence-electron chi connectivity index (χ0n) is 13.5. The number of piperidine rings is 1. The molecule has 124 valence electrons.